The predicted molar refractivity (Wildman–Crippen MR) is 82.8 cm³/mol. The maximum atomic E-state index is 11.5. The quantitative estimate of drug-likeness (QED) is 0.617. The van der Waals surface area contributed by atoms with Gasteiger partial charge >= 0.3 is 0 Å². The lowest BCUT2D eigenvalue weighted by atomic mass is 9.95. The molecule has 2 atom stereocenters. The van der Waals surface area contributed by atoms with Crippen LogP contribution in [-0.2, 0) is 4.79 Å². The highest BCUT2D eigenvalue weighted by atomic mass is 32.2. The van der Waals surface area contributed by atoms with Gasteiger partial charge < -0.3 is 11.1 Å². The van der Waals surface area contributed by atoms with E-state index in [1.165, 1.54) is 0 Å². The summed E-state index contributed by atoms with van der Waals surface area (Å²) in [5.74, 6) is -0.343. The van der Waals surface area contributed by atoms with E-state index < -0.39 is 5.54 Å². The Morgan fingerprint density at radius 1 is 1.35 bits per heavy atom. The number of amides is 1. The number of hydrogen-bond acceptors (Lipinski definition) is 5. The summed E-state index contributed by atoms with van der Waals surface area (Å²) in [6.45, 7) is 9.86. The summed E-state index contributed by atoms with van der Waals surface area (Å²) in [6.07, 6.45) is 0.624. The van der Waals surface area contributed by atoms with E-state index in [0.29, 0.717) is 6.42 Å². The molecule has 6 heteroatoms. The predicted octanol–water partition coefficient (Wildman–Crippen LogP) is 1.74. The van der Waals surface area contributed by atoms with Crippen LogP contribution in [-0.4, -0.2) is 33.7 Å². The van der Waals surface area contributed by atoms with Crippen LogP contribution < -0.4 is 11.1 Å². The van der Waals surface area contributed by atoms with E-state index in [2.05, 4.69) is 22.2 Å². The summed E-state index contributed by atoms with van der Waals surface area (Å²) in [7, 11) is 1.75. The lowest BCUT2D eigenvalue weighted by molar-refractivity contribution is -0.123. The van der Waals surface area contributed by atoms with Gasteiger partial charge in [-0.1, -0.05) is 18.7 Å². The Balaban J connectivity index is 2.81. The van der Waals surface area contributed by atoms with Crippen molar-refractivity contribution in [3.05, 3.63) is 17.0 Å². The molecular formula is C14H24N4OS. The molecule has 0 aliphatic rings. The summed E-state index contributed by atoms with van der Waals surface area (Å²) in [4.78, 5) is 20.5. The van der Waals surface area contributed by atoms with E-state index >= 15 is 0 Å². The molecule has 0 saturated carbocycles. The third-order valence-electron chi connectivity index (χ3n) is 3.71. The first-order chi connectivity index (χ1) is 9.19. The standard InChI is InChI=1S/C14H24N4OS/c1-8(7-14(5,16-6)12(15)19)20-13-17-10(3)9(2)11(4)18-13/h8,16H,7H2,1-6H3,(H2,15,19). The van der Waals surface area contributed by atoms with E-state index in [0.717, 1.165) is 22.1 Å². The van der Waals surface area contributed by atoms with Crippen molar-refractivity contribution in [3.63, 3.8) is 0 Å². The van der Waals surface area contributed by atoms with Gasteiger partial charge in [-0.3, -0.25) is 4.79 Å². The number of nitrogens with two attached hydrogens (primary N) is 1. The first kappa shape index (κ1) is 16.9. The average Bonchev–Trinajstić information content (AvgIpc) is 2.35. The van der Waals surface area contributed by atoms with Gasteiger partial charge in [0, 0.05) is 16.6 Å². The van der Waals surface area contributed by atoms with E-state index in [1.54, 1.807) is 18.8 Å². The topological polar surface area (TPSA) is 80.9 Å². The zero-order chi connectivity index (χ0) is 15.5. The molecule has 5 nitrogen and oxygen atoms in total. The molecule has 1 aromatic heterocycles. The zero-order valence-electron chi connectivity index (χ0n) is 13.1. The summed E-state index contributed by atoms with van der Waals surface area (Å²) in [5, 5.41) is 3.93. The van der Waals surface area contributed by atoms with E-state index in [4.69, 9.17) is 5.73 Å². The van der Waals surface area contributed by atoms with Crippen LogP contribution in [0.15, 0.2) is 5.16 Å². The SMILES string of the molecule is CNC(C)(CC(C)Sc1nc(C)c(C)c(C)n1)C(N)=O. The number of thioether (sulfide) groups is 1. The van der Waals surface area contributed by atoms with Gasteiger partial charge in [0.1, 0.15) is 0 Å². The second-order valence-corrected chi connectivity index (χ2v) is 6.79. The van der Waals surface area contributed by atoms with Crippen molar-refractivity contribution in [2.24, 2.45) is 5.73 Å². The van der Waals surface area contributed by atoms with Gasteiger partial charge in [0.15, 0.2) is 5.16 Å². The number of likely N-dealkylation sites (N-methyl/N-ethyl adjacent to an activating group) is 1. The third kappa shape index (κ3) is 3.93. The molecule has 20 heavy (non-hydrogen) atoms. The van der Waals surface area contributed by atoms with Crippen molar-refractivity contribution in [3.8, 4) is 0 Å². The summed E-state index contributed by atoms with van der Waals surface area (Å²) in [6, 6.07) is 0. The number of aryl methyl sites for hydroxylation is 2. The number of nitrogens with one attached hydrogen (secondary N) is 1. The maximum absolute atomic E-state index is 11.5. The number of hydrogen-bond donors (Lipinski definition) is 2. The molecule has 0 aliphatic heterocycles. The molecule has 0 bridgehead atoms. The molecule has 0 spiro atoms. The minimum Gasteiger partial charge on any atom is -0.368 e. The highest BCUT2D eigenvalue weighted by Gasteiger charge is 2.31. The van der Waals surface area contributed by atoms with Crippen LogP contribution >= 0.6 is 11.8 Å². The second kappa shape index (κ2) is 6.54. The van der Waals surface area contributed by atoms with Gasteiger partial charge in [-0.05, 0) is 46.7 Å². The Hall–Kier alpha value is -1.14. The van der Waals surface area contributed by atoms with E-state index in [1.807, 2.05) is 27.7 Å². The molecule has 2 unspecified atom stereocenters. The van der Waals surface area contributed by atoms with Gasteiger partial charge in [-0.25, -0.2) is 9.97 Å². The van der Waals surface area contributed by atoms with Gasteiger partial charge in [0.2, 0.25) is 5.91 Å². The van der Waals surface area contributed by atoms with Gasteiger partial charge in [0.25, 0.3) is 0 Å². The minimum atomic E-state index is -0.707. The van der Waals surface area contributed by atoms with Crippen molar-refractivity contribution in [1.29, 1.82) is 0 Å². The van der Waals surface area contributed by atoms with Crippen LogP contribution in [0.4, 0.5) is 0 Å². The zero-order valence-corrected chi connectivity index (χ0v) is 13.9. The molecule has 0 radical (unpaired) electrons. The Kier molecular flexibility index (Phi) is 5.53. The van der Waals surface area contributed by atoms with Crippen molar-refractivity contribution < 1.29 is 4.79 Å². The summed E-state index contributed by atoms with van der Waals surface area (Å²) < 4.78 is 0. The number of rotatable bonds is 6. The molecule has 3 N–H and O–H groups in total. The summed E-state index contributed by atoms with van der Waals surface area (Å²) >= 11 is 1.57. The Morgan fingerprint density at radius 3 is 2.25 bits per heavy atom. The highest BCUT2D eigenvalue weighted by molar-refractivity contribution is 7.99. The molecule has 0 aliphatic carbocycles. The fraction of sp³-hybridized carbons (Fsp3) is 0.643. The minimum absolute atomic E-state index is 0.182. The lowest BCUT2D eigenvalue weighted by Crippen LogP contribution is -2.52. The van der Waals surface area contributed by atoms with Crippen LogP contribution in [0.25, 0.3) is 0 Å². The third-order valence-corrected chi connectivity index (χ3v) is 4.67. The average molecular weight is 296 g/mol. The fourth-order valence-corrected chi connectivity index (χ4v) is 3.07. The monoisotopic (exact) mass is 296 g/mol. The molecule has 1 rings (SSSR count). The van der Waals surface area contributed by atoms with Crippen LogP contribution in [0.1, 0.15) is 37.2 Å². The normalized spacial score (nSPS) is 15.7. The Morgan fingerprint density at radius 2 is 1.85 bits per heavy atom. The first-order valence-corrected chi connectivity index (χ1v) is 7.55. The molecule has 1 amide bonds. The largest absolute Gasteiger partial charge is 0.368 e. The smallest absolute Gasteiger partial charge is 0.237 e. The van der Waals surface area contributed by atoms with E-state index in [9.17, 15) is 4.79 Å². The molecular weight excluding hydrogens is 272 g/mol. The van der Waals surface area contributed by atoms with Crippen LogP contribution in [0.5, 0.6) is 0 Å². The fourth-order valence-electron chi connectivity index (χ4n) is 1.92. The first-order valence-electron chi connectivity index (χ1n) is 6.67. The Bertz CT molecular complexity index is 483. The van der Waals surface area contributed by atoms with Crippen LogP contribution in [0.3, 0.4) is 0 Å². The number of carbonyl (C=O) groups excluding carboxylic acids is 1. The van der Waals surface area contributed by atoms with Crippen molar-refractivity contribution in [2.75, 3.05) is 7.05 Å². The number of nitrogens with zero attached hydrogens (tertiary/aromatic N) is 2. The molecule has 0 fully saturated rings. The molecule has 0 saturated heterocycles. The molecule has 112 valence electrons. The van der Waals surface area contributed by atoms with Gasteiger partial charge in [-0.15, -0.1) is 0 Å². The Labute approximate surface area is 125 Å². The second-order valence-electron chi connectivity index (χ2n) is 5.38. The number of carbonyl (C=O) groups is 1. The van der Waals surface area contributed by atoms with Crippen LogP contribution in [0, 0.1) is 20.8 Å². The number of aromatic nitrogens is 2. The van der Waals surface area contributed by atoms with Crippen molar-refractivity contribution in [1.82, 2.24) is 15.3 Å². The lowest BCUT2D eigenvalue weighted by Gasteiger charge is -2.28. The molecule has 0 aromatic carbocycles. The summed E-state index contributed by atoms with van der Waals surface area (Å²) in [5.41, 5.74) is 7.86. The highest BCUT2D eigenvalue weighted by Crippen LogP contribution is 2.27. The number of primary amides is 1. The van der Waals surface area contributed by atoms with Crippen molar-refractivity contribution in [2.45, 2.75) is 57.0 Å². The molecule has 1 aromatic rings. The van der Waals surface area contributed by atoms with Gasteiger partial charge in [-0.2, -0.15) is 0 Å². The van der Waals surface area contributed by atoms with Gasteiger partial charge in [0.05, 0.1) is 5.54 Å². The maximum Gasteiger partial charge on any atom is 0.237 e. The van der Waals surface area contributed by atoms with Crippen molar-refractivity contribution >= 4 is 17.7 Å². The van der Waals surface area contributed by atoms with Crippen LogP contribution in [0.2, 0.25) is 0 Å². The molecule has 1 heterocycles. The van der Waals surface area contributed by atoms with E-state index in [-0.39, 0.29) is 11.2 Å².